The molecule has 1 N–H and O–H groups in total. The molecule has 0 aromatic heterocycles. The van der Waals surface area contributed by atoms with Crippen LogP contribution in [0.15, 0.2) is 0 Å². The fourth-order valence-corrected chi connectivity index (χ4v) is 2.16. The average molecular weight is 280 g/mol. The molecule has 6 heteroatoms. The molecule has 0 aliphatic carbocycles. The van der Waals surface area contributed by atoms with Crippen LogP contribution in [-0.4, -0.2) is 42.2 Å². The molecule has 0 atom stereocenters. The van der Waals surface area contributed by atoms with E-state index in [0.29, 0.717) is 13.0 Å². The summed E-state index contributed by atoms with van der Waals surface area (Å²) in [5.41, 5.74) is -0.0520. The maximum absolute atomic E-state index is 12.5. The number of rotatable bonds is 3. The van der Waals surface area contributed by atoms with Gasteiger partial charge in [-0.05, 0) is 33.6 Å². The predicted molar refractivity (Wildman–Crippen MR) is 67.7 cm³/mol. The molecule has 1 saturated heterocycles. The van der Waals surface area contributed by atoms with Crippen molar-refractivity contribution < 1.29 is 18.0 Å². The summed E-state index contributed by atoms with van der Waals surface area (Å²) in [7, 11) is 0. The number of amides is 1. The molecule has 1 aliphatic heterocycles. The summed E-state index contributed by atoms with van der Waals surface area (Å²) in [6.45, 7) is 7.02. The molecule has 19 heavy (non-hydrogen) atoms. The highest BCUT2D eigenvalue weighted by Gasteiger charge is 2.41. The Bertz CT molecular complexity index is 302. The van der Waals surface area contributed by atoms with E-state index in [9.17, 15) is 18.0 Å². The zero-order valence-corrected chi connectivity index (χ0v) is 11.8. The number of alkyl halides is 3. The van der Waals surface area contributed by atoms with Crippen LogP contribution in [0.3, 0.4) is 0 Å². The first kappa shape index (κ1) is 16.3. The van der Waals surface area contributed by atoms with Gasteiger partial charge in [0.1, 0.15) is 0 Å². The van der Waals surface area contributed by atoms with Gasteiger partial charge in [-0.1, -0.05) is 0 Å². The van der Waals surface area contributed by atoms with Crippen molar-refractivity contribution in [1.82, 2.24) is 10.2 Å². The summed E-state index contributed by atoms with van der Waals surface area (Å²) in [6, 6.07) is 0. The predicted octanol–water partition coefficient (Wildman–Crippen LogP) is 2.57. The molecule has 0 aromatic carbocycles. The Balaban J connectivity index is 2.29. The maximum Gasteiger partial charge on any atom is 0.391 e. The van der Waals surface area contributed by atoms with Crippen LogP contribution in [0.1, 0.15) is 40.0 Å². The number of carbonyl (C=O) groups is 1. The summed E-state index contributed by atoms with van der Waals surface area (Å²) in [5, 5.41) is 3.20. The fraction of sp³-hybridized carbons (Fsp3) is 0.923. The SMILES string of the molecule is CC(C)(C)NCCC(=O)N1CCC(C(F)(F)F)CC1. The van der Waals surface area contributed by atoms with E-state index < -0.39 is 12.1 Å². The number of nitrogens with one attached hydrogen (secondary N) is 1. The van der Waals surface area contributed by atoms with E-state index in [1.165, 1.54) is 0 Å². The summed E-state index contributed by atoms with van der Waals surface area (Å²) >= 11 is 0. The van der Waals surface area contributed by atoms with Crippen LogP contribution < -0.4 is 5.32 Å². The third-order valence-corrected chi connectivity index (χ3v) is 3.30. The molecule has 1 aliphatic rings. The summed E-state index contributed by atoms with van der Waals surface area (Å²) in [6.07, 6.45) is -3.72. The van der Waals surface area contributed by atoms with Gasteiger partial charge in [0.05, 0.1) is 5.92 Å². The van der Waals surface area contributed by atoms with Gasteiger partial charge in [-0.25, -0.2) is 0 Å². The molecule has 1 fully saturated rings. The molecule has 0 aromatic rings. The van der Waals surface area contributed by atoms with E-state index in [2.05, 4.69) is 5.32 Å². The van der Waals surface area contributed by atoms with Gasteiger partial charge in [0, 0.05) is 31.6 Å². The minimum absolute atomic E-state index is 0.0297. The standard InChI is InChI=1S/C13H23F3N2O/c1-12(2,3)17-7-4-11(19)18-8-5-10(6-9-18)13(14,15)16/h10,17H,4-9H2,1-3H3. The lowest BCUT2D eigenvalue weighted by Crippen LogP contribution is -2.44. The molecule has 3 nitrogen and oxygen atoms in total. The van der Waals surface area contributed by atoms with E-state index in [1.54, 1.807) is 4.90 Å². The summed E-state index contributed by atoms with van der Waals surface area (Å²) < 4.78 is 37.5. The van der Waals surface area contributed by atoms with Gasteiger partial charge in [0.2, 0.25) is 5.91 Å². The highest BCUT2D eigenvalue weighted by Crippen LogP contribution is 2.34. The van der Waals surface area contributed by atoms with Crippen molar-refractivity contribution in [2.24, 2.45) is 5.92 Å². The van der Waals surface area contributed by atoms with Gasteiger partial charge in [-0.3, -0.25) is 4.79 Å². The van der Waals surface area contributed by atoms with E-state index in [4.69, 9.17) is 0 Å². The van der Waals surface area contributed by atoms with Crippen LogP contribution in [0.4, 0.5) is 13.2 Å². The monoisotopic (exact) mass is 280 g/mol. The Hall–Kier alpha value is -0.780. The molecule has 0 bridgehead atoms. The Morgan fingerprint density at radius 2 is 1.74 bits per heavy atom. The molecular weight excluding hydrogens is 257 g/mol. The molecule has 0 unspecified atom stereocenters. The molecule has 1 amide bonds. The quantitative estimate of drug-likeness (QED) is 0.861. The third-order valence-electron chi connectivity index (χ3n) is 3.30. The van der Waals surface area contributed by atoms with Crippen molar-refractivity contribution in [3.63, 3.8) is 0 Å². The van der Waals surface area contributed by atoms with Crippen LogP contribution in [-0.2, 0) is 4.79 Å². The molecular formula is C13H23F3N2O. The smallest absolute Gasteiger partial charge is 0.343 e. The normalized spacial score (nSPS) is 18.7. The van der Waals surface area contributed by atoms with Crippen molar-refractivity contribution in [1.29, 1.82) is 0 Å². The summed E-state index contributed by atoms with van der Waals surface area (Å²) in [5.74, 6) is -1.30. The van der Waals surface area contributed by atoms with Crippen molar-refractivity contribution in [3.8, 4) is 0 Å². The topological polar surface area (TPSA) is 32.3 Å². The molecule has 0 spiro atoms. The highest BCUT2D eigenvalue weighted by molar-refractivity contribution is 5.76. The van der Waals surface area contributed by atoms with Gasteiger partial charge in [0.25, 0.3) is 0 Å². The first-order valence-electron chi connectivity index (χ1n) is 6.69. The number of hydrogen-bond acceptors (Lipinski definition) is 2. The largest absolute Gasteiger partial charge is 0.391 e. The maximum atomic E-state index is 12.5. The number of hydrogen-bond donors (Lipinski definition) is 1. The molecule has 0 saturated carbocycles. The Kier molecular flexibility index (Phi) is 5.24. The van der Waals surface area contributed by atoms with Gasteiger partial charge < -0.3 is 10.2 Å². The number of nitrogens with zero attached hydrogens (tertiary/aromatic N) is 1. The van der Waals surface area contributed by atoms with E-state index >= 15 is 0 Å². The zero-order valence-electron chi connectivity index (χ0n) is 11.8. The lowest BCUT2D eigenvalue weighted by molar-refractivity contribution is -0.186. The van der Waals surface area contributed by atoms with Crippen LogP contribution >= 0.6 is 0 Å². The number of carbonyl (C=O) groups excluding carboxylic acids is 1. The Labute approximate surface area is 112 Å². The first-order valence-corrected chi connectivity index (χ1v) is 6.69. The van der Waals surface area contributed by atoms with E-state index in [-0.39, 0.29) is 37.4 Å². The first-order chi connectivity index (χ1) is 8.59. The molecule has 112 valence electrons. The van der Waals surface area contributed by atoms with Crippen LogP contribution in [0, 0.1) is 5.92 Å². The minimum Gasteiger partial charge on any atom is -0.343 e. The van der Waals surface area contributed by atoms with Crippen molar-refractivity contribution >= 4 is 5.91 Å². The van der Waals surface area contributed by atoms with Crippen molar-refractivity contribution in [3.05, 3.63) is 0 Å². The van der Waals surface area contributed by atoms with Crippen LogP contribution in [0.5, 0.6) is 0 Å². The number of likely N-dealkylation sites (tertiary alicyclic amines) is 1. The average Bonchev–Trinajstić information content (AvgIpc) is 2.26. The minimum atomic E-state index is -4.12. The van der Waals surface area contributed by atoms with Crippen molar-refractivity contribution in [2.45, 2.75) is 51.7 Å². The van der Waals surface area contributed by atoms with Gasteiger partial charge in [-0.15, -0.1) is 0 Å². The lowest BCUT2D eigenvalue weighted by Gasteiger charge is -2.33. The van der Waals surface area contributed by atoms with Crippen LogP contribution in [0.25, 0.3) is 0 Å². The lowest BCUT2D eigenvalue weighted by atomic mass is 9.96. The second-order valence-electron chi connectivity index (χ2n) is 6.12. The highest BCUT2D eigenvalue weighted by atomic mass is 19.4. The Morgan fingerprint density at radius 1 is 1.21 bits per heavy atom. The molecule has 0 radical (unpaired) electrons. The van der Waals surface area contributed by atoms with Gasteiger partial charge in [-0.2, -0.15) is 13.2 Å². The zero-order chi connectivity index (χ0) is 14.7. The Morgan fingerprint density at radius 3 is 2.16 bits per heavy atom. The van der Waals surface area contributed by atoms with E-state index in [0.717, 1.165) is 0 Å². The van der Waals surface area contributed by atoms with Gasteiger partial charge >= 0.3 is 6.18 Å². The fourth-order valence-electron chi connectivity index (χ4n) is 2.16. The molecule has 1 heterocycles. The van der Waals surface area contributed by atoms with E-state index in [1.807, 2.05) is 20.8 Å². The van der Waals surface area contributed by atoms with Gasteiger partial charge in [0.15, 0.2) is 0 Å². The summed E-state index contributed by atoms with van der Waals surface area (Å²) in [4.78, 5) is 13.4. The van der Waals surface area contributed by atoms with Crippen LogP contribution in [0.2, 0.25) is 0 Å². The second-order valence-corrected chi connectivity index (χ2v) is 6.12. The molecule has 1 rings (SSSR count). The van der Waals surface area contributed by atoms with Crippen molar-refractivity contribution in [2.75, 3.05) is 19.6 Å². The number of halogens is 3. The third kappa shape index (κ3) is 5.80. The number of piperidine rings is 1. The second kappa shape index (κ2) is 6.11.